The van der Waals surface area contributed by atoms with Crippen LogP contribution in [0.1, 0.15) is 53.9 Å². The maximum absolute atomic E-state index is 14.1. The van der Waals surface area contributed by atoms with E-state index in [2.05, 4.69) is 26.6 Å². The second kappa shape index (κ2) is 11.9. The van der Waals surface area contributed by atoms with Crippen molar-refractivity contribution in [1.29, 1.82) is 10.7 Å². The second-order valence-electron chi connectivity index (χ2n) is 11.6. The van der Waals surface area contributed by atoms with Crippen LogP contribution in [0.15, 0.2) is 61.1 Å². The summed E-state index contributed by atoms with van der Waals surface area (Å²) >= 11 is 6.34. The highest BCUT2D eigenvalue weighted by Crippen LogP contribution is 2.49. The van der Waals surface area contributed by atoms with Crippen LogP contribution < -0.4 is 10.6 Å². The number of hydrogen-bond acceptors (Lipinski definition) is 8. The summed E-state index contributed by atoms with van der Waals surface area (Å²) in [6.45, 7) is -0.737. The smallest absolute Gasteiger partial charge is 0.411 e. The summed E-state index contributed by atoms with van der Waals surface area (Å²) in [7, 11) is 0. The molecule has 1 aliphatic carbocycles. The predicted octanol–water partition coefficient (Wildman–Crippen LogP) is 5.50. The van der Waals surface area contributed by atoms with Gasteiger partial charge in [-0.2, -0.15) is 28.6 Å². The number of halogens is 6. The van der Waals surface area contributed by atoms with Crippen molar-refractivity contribution < 1.29 is 36.3 Å². The van der Waals surface area contributed by atoms with Crippen molar-refractivity contribution in [3.63, 3.8) is 0 Å². The van der Waals surface area contributed by atoms with E-state index in [1.807, 2.05) is 5.32 Å². The number of nitriles is 1. The first kappa shape index (κ1) is 32.7. The SMILES string of the molecule is N#Cc1cnn2c1ccc1cc([C@H]3NC(=N)N([C@H](COC(=O)NC4(C(F)(F)F)CC4)c4ccc(Cl)c(-n5ncnc5C(F)F)c4)C3=O)ccc12. The minimum absolute atomic E-state index is 0.0393. The molecular formula is C31H22ClF5N10O3. The summed E-state index contributed by atoms with van der Waals surface area (Å²) in [4.78, 5) is 31.2. The van der Waals surface area contributed by atoms with Crippen LogP contribution >= 0.6 is 11.6 Å². The van der Waals surface area contributed by atoms with Gasteiger partial charge in [0, 0.05) is 5.39 Å². The molecule has 0 spiro atoms. The number of carbonyl (C=O) groups is 2. The van der Waals surface area contributed by atoms with Crippen LogP contribution in [0.5, 0.6) is 0 Å². The normalized spacial score (nSPS) is 17.6. The molecule has 1 saturated carbocycles. The summed E-state index contributed by atoms with van der Waals surface area (Å²) in [5.41, 5.74) is -0.358. The molecular weight excluding hydrogens is 691 g/mol. The number of nitrogens with one attached hydrogen (secondary N) is 3. The molecule has 256 valence electrons. The summed E-state index contributed by atoms with van der Waals surface area (Å²) in [6, 6.07) is 12.0. The van der Waals surface area contributed by atoms with Crippen molar-refractivity contribution in [2.45, 2.75) is 43.1 Å². The quantitative estimate of drug-likeness (QED) is 0.177. The van der Waals surface area contributed by atoms with Gasteiger partial charge in [0.2, 0.25) is 0 Å². The molecule has 0 radical (unpaired) electrons. The van der Waals surface area contributed by atoms with Crippen LogP contribution in [0.4, 0.5) is 26.7 Å². The third-order valence-electron chi connectivity index (χ3n) is 8.64. The first-order valence-electron chi connectivity index (χ1n) is 14.8. The van der Waals surface area contributed by atoms with Gasteiger partial charge >= 0.3 is 12.3 Å². The van der Waals surface area contributed by atoms with E-state index in [9.17, 15) is 36.8 Å². The van der Waals surface area contributed by atoms with Gasteiger partial charge in [0.05, 0.1) is 39.5 Å². The molecule has 19 heteroatoms. The maximum Gasteiger partial charge on any atom is 0.411 e. The highest BCUT2D eigenvalue weighted by molar-refractivity contribution is 6.32. The standard InChI is InChI=1S/C31H22ClF5N10O3/c32-19-4-1-16(10-22(19)47-26(25(33)34)40-14-42-47)23(13-50-29(49)44-30(7-8-30)31(35,36)37)45-27(48)24(43-28(45)39)17-3-6-20-15(9-17)2-5-21-18(11-38)12-41-46(20)21/h1-6,9-10,12,14,23-25H,7-8,13H2,(H2,39,43)(H,44,49)/t23-,24-/m1/s1. The van der Waals surface area contributed by atoms with Gasteiger partial charge in [0.15, 0.2) is 11.8 Å². The Balaban J connectivity index is 1.23. The van der Waals surface area contributed by atoms with E-state index in [0.29, 0.717) is 27.5 Å². The number of alkyl halides is 5. The minimum atomic E-state index is -4.72. The van der Waals surface area contributed by atoms with Gasteiger partial charge in [-0.05, 0) is 54.3 Å². The third-order valence-corrected chi connectivity index (χ3v) is 8.96. The number of nitrogens with zero attached hydrogens (tertiary/aromatic N) is 7. The molecule has 0 bridgehead atoms. The molecule has 2 atom stereocenters. The van der Waals surface area contributed by atoms with E-state index < -0.39 is 60.6 Å². The van der Waals surface area contributed by atoms with Crippen molar-refractivity contribution in [2.24, 2.45) is 0 Å². The third kappa shape index (κ3) is 5.48. The van der Waals surface area contributed by atoms with Gasteiger partial charge in [-0.25, -0.2) is 27.8 Å². The molecule has 3 N–H and O–H groups in total. The van der Waals surface area contributed by atoms with E-state index >= 15 is 0 Å². The van der Waals surface area contributed by atoms with Crippen molar-refractivity contribution in [3.8, 4) is 11.8 Å². The molecule has 1 aliphatic heterocycles. The van der Waals surface area contributed by atoms with Gasteiger partial charge in [-0.1, -0.05) is 29.8 Å². The molecule has 2 aliphatic rings. The molecule has 50 heavy (non-hydrogen) atoms. The number of alkyl carbamates (subject to hydrolysis) is 1. The number of guanidine groups is 1. The van der Waals surface area contributed by atoms with Gasteiger partial charge in [-0.15, -0.1) is 0 Å². The van der Waals surface area contributed by atoms with E-state index in [1.165, 1.54) is 24.4 Å². The number of rotatable bonds is 8. The van der Waals surface area contributed by atoms with Crippen LogP contribution in [0.2, 0.25) is 5.02 Å². The van der Waals surface area contributed by atoms with Crippen LogP contribution in [0.3, 0.4) is 0 Å². The highest BCUT2D eigenvalue weighted by atomic mass is 35.5. The van der Waals surface area contributed by atoms with E-state index in [1.54, 1.807) is 34.8 Å². The molecule has 3 aromatic heterocycles. The highest BCUT2D eigenvalue weighted by Gasteiger charge is 2.64. The number of amides is 2. The average Bonchev–Trinajstić information content (AvgIpc) is 3.39. The monoisotopic (exact) mass is 712 g/mol. The fraction of sp³-hybridized carbons (Fsp3) is 0.258. The van der Waals surface area contributed by atoms with Gasteiger partial charge in [0.25, 0.3) is 12.3 Å². The van der Waals surface area contributed by atoms with Crippen molar-refractivity contribution >= 4 is 46.0 Å². The molecule has 2 aromatic carbocycles. The number of benzene rings is 2. The van der Waals surface area contributed by atoms with Crippen molar-refractivity contribution in [3.05, 3.63) is 88.6 Å². The lowest BCUT2D eigenvalue weighted by Crippen LogP contribution is -2.48. The molecule has 0 unspecified atom stereocenters. The Kier molecular flexibility index (Phi) is 7.81. The molecule has 5 aromatic rings. The Bertz CT molecular complexity index is 2240. The topological polar surface area (TPSA) is 166 Å². The Morgan fingerprint density at radius 3 is 2.62 bits per heavy atom. The number of hydrogen-bond donors (Lipinski definition) is 3. The summed E-state index contributed by atoms with van der Waals surface area (Å²) in [5.74, 6) is -1.86. The van der Waals surface area contributed by atoms with Gasteiger partial charge in [-0.3, -0.25) is 15.1 Å². The number of carbonyl (C=O) groups excluding carboxylic acids is 2. The maximum atomic E-state index is 14.1. The van der Waals surface area contributed by atoms with Crippen LogP contribution in [0, 0.1) is 16.7 Å². The molecule has 4 heterocycles. The van der Waals surface area contributed by atoms with Crippen molar-refractivity contribution in [1.82, 2.24) is 39.9 Å². The molecule has 2 fully saturated rings. The number of aromatic nitrogens is 5. The van der Waals surface area contributed by atoms with Crippen LogP contribution in [-0.2, 0) is 9.53 Å². The second-order valence-corrected chi connectivity index (χ2v) is 12.0. The molecule has 1 saturated heterocycles. The minimum Gasteiger partial charge on any atom is -0.447 e. The fourth-order valence-corrected chi connectivity index (χ4v) is 6.09. The lowest BCUT2D eigenvalue weighted by molar-refractivity contribution is -0.164. The van der Waals surface area contributed by atoms with Gasteiger partial charge < -0.3 is 15.4 Å². The first-order chi connectivity index (χ1) is 23.8. The van der Waals surface area contributed by atoms with Crippen molar-refractivity contribution in [2.75, 3.05) is 6.61 Å². The Morgan fingerprint density at radius 2 is 1.92 bits per heavy atom. The Morgan fingerprint density at radius 1 is 1.16 bits per heavy atom. The summed E-state index contributed by atoms with van der Waals surface area (Å²) < 4.78 is 75.5. The molecule has 2 amide bonds. The Labute approximate surface area is 282 Å². The zero-order valence-corrected chi connectivity index (χ0v) is 26.0. The van der Waals surface area contributed by atoms with E-state index in [-0.39, 0.29) is 29.1 Å². The molecule has 7 rings (SSSR count). The van der Waals surface area contributed by atoms with E-state index in [4.69, 9.17) is 21.7 Å². The zero-order chi connectivity index (χ0) is 35.5. The van der Waals surface area contributed by atoms with Gasteiger partial charge in [0.1, 0.15) is 30.6 Å². The summed E-state index contributed by atoms with van der Waals surface area (Å²) in [6.07, 6.45) is -7.52. The average molecular weight is 713 g/mol. The fourth-order valence-electron chi connectivity index (χ4n) is 5.89. The summed E-state index contributed by atoms with van der Waals surface area (Å²) in [5, 5.41) is 31.4. The predicted molar refractivity (Wildman–Crippen MR) is 164 cm³/mol. The van der Waals surface area contributed by atoms with E-state index in [0.717, 1.165) is 15.9 Å². The molecule has 13 nitrogen and oxygen atoms in total. The Hall–Kier alpha value is -5.83. The zero-order valence-electron chi connectivity index (χ0n) is 25.2. The largest absolute Gasteiger partial charge is 0.447 e. The van der Waals surface area contributed by atoms with Crippen LogP contribution in [-0.4, -0.2) is 65.6 Å². The number of ether oxygens (including phenoxy) is 1. The first-order valence-corrected chi connectivity index (χ1v) is 15.2. The number of pyridine rings is 1. The lowest BCUT2D eigenvalue weighted by Gasteiger charge is -2.28. The van der Waals surface area contributed by atoms with Crippen LogP contribution in [0.25, 0.3) is 22.1 Å². The lowest BCUT2D eigenvalue weighted by atomic mass is 10.0. The number of fused-ring (bicyclic) bond motifs is 3.